The number of hydrogen-bond acceptors (Lipinski definition) is 7. The molecule has 0 radical (unpaired) electrons. The van der Waals surface area contributed by atoms with E-state index in [0.29, 0.717) is 0 Å². The SMILES string of the molecule is C[C@@H](N)C(=O)O.NCC(=O)O.N[C@H](CCC(=O)O)C(=O)O. The molecule has 0 aliphatic rings. The van der Waals surface area contributed by atoms with Gasteiger partial charge in [0.2, 0.25) is 0 Å². The van der Waals surface area contributed by atoms with E-state index in [-0.39, 0.29) is 19.4 Å². The van der Waals surface area contributed by atoms with E-state index in [2.05, 4.69) is 5.73 Å². The summed E-state index contributed by atoms with van der Waals surface area (Å²) in [5.74, 6) is -4.13. The third-order valence-electron chi connectivity index (χ3n) is 1.55. The average molecular weight is 311 g/mol. The van der Waals surface area contributed by atoms with Gasteiger partial charge in [0.1, 0.15) is 12.1 Å². The quantitative estimate of drug-likeness (QED) is 0.276. The van der Waals surface area contributed by atoms with Gasteiger partial charge in [-0.3, -0.25) is 19.2 Å². The molecule has 10 N–H and O–H groups in total. The maximum Gasteiger partial charge on any atom is 0.320 e. The number of carboxylic acids is 4. The maximum absolute atomic E-state index is 9.99. The van der Waals surface area contributed by atoms with Crippen LogP contribution in [-0.2, 0) is 19.2 Å². The second-order valence-electron chi connectivity index (χ2n) is 3.60. The molecule has 0 aromatic carbocycles. The van der Waals surface area contributed by atoms with Crippen LogP contribution in [0.2, 0.25) is 0 Å². The number of hydrogen-bond donors (Lipinski definition) is 7. The van der Waals surface area contributed by atoms with Crippen molar-refractivity contribution in [3.8, 4) is 0 Å². The van der Waals surface area contributed by atoms with Gasteiger partial charge in [0.15, 0.2) is 0 Å². The van der Waals surface area contributed by atoms with Crippen LogP contribution in [0.15, 0.2) is 0 Å². The van der Waals surface area contributed by atoms with Gasteiger partial charge in [0, 0.05) is 6.42 Å². The van der Waals surface area contributed by atoms with Gasteiger partial charge in [-0.2, -0.15) is 0 Å². The summed E-state index contributed by atoms with van der Waals surface area (Å²) in [5.41, 5.74) is 14.4. The first-order chi connectivity index (χ1) is 9.45. The van der Waals surface area contributed by atoms with E-state index < -0.39 is 36.0 Å². The van der Waals surface area contributed by atoms with Crippen LogP contribution in [0.1, 0.15) is 19.8 Å². The molecular formula is C10H21N3O8. The van der Waals surface area contributed by atoms with E-state index in [1.54, 1.807) is 0 Å². The Morgan fingerprint density at radius 2 is 1.24 bits per heavy atom. The first kappa shape index (κ1) is 23.8. The normalized spacial score (nSPS) is 11.6. The van der Waals surface area contributed by atoms with Gasteiger partial charge in [0.25, 0.3) is 0 Å². The summed E-state index contributed by atoms with van der Waals surface area (Å²) in [4.78, 5) is 38.7. The molecule has 11 heteroatoms. The van der Waals surface area contributed by atoms with E-state index in [4.69, 9.17) is 31.9 Å². The van der Waals surface area contributed by atoms with Crippen molar-refractivity contribution in [3.05, 3.63) is 0 Å². The summed E-state index contributed by atoms with van der Waals surface area (Å²) in [5, 5.41) is 31.7. The van der Waals surface area contributed by atoms with E-state index in [9.17, 15) is 19.2 Å². The minimum absolute atomic E-state index is 0.0231. The van der Waals surface area contributed by atoms with Crippen LogP contribution in [0.4, 0.5) is 0 Å². The van der Waals surface area contributed by atoms with Gasteiger partial charge in [-0.1, -0.05) is 0 Å². The summed E-state index contributed by atoms with van der Waals surface area (Å²) in [6.45, 7) is 1.14. The Labute approximate surface area is 120 Å². The van der Waals surface area contributed by atoms with E-state index >= 15 is 0 Å². The lowest BCUT2D eigenvalue weighted by Crippen LogP contribution is -2.30. The predicted molar refractivity (Wildman–Crippen MR) is 70.5 cm³/mol. The van der Waals surface area contributed by atoms with Crippen molar-refractivity contribution in [1.29, 1.82) is 0 Å². The maximum atomic E-state index is 9.99. The lowest BCUT2D eigenvalue weighted by molar-refractivity contribution is -0.140. The number of nitrogens with two attached hydrogens (primary N) is 3. The van der Waals surface area contributed by atoms with Crippen molar-refractivity contribution in [2.24, 2.45) is 17.2 Å². The number of carbonyl (C=O) groups is 4. The van der Waals surface area contributed by atoms with Gasteiger partial charge in [0.05, 0.1) is 6.54 Å². The van der Waals surface area contributed by atoms with Gasteiger partial charge >= 0.3 is 23.9 Å². The zero-order valence-corrected chi connectivity index (χ0v) is 11.4. The van der Waals surface area contributed by atoms with Crippen LogP contribution in [0.5, 0.6) is 0 Å². The van der Waals surface area contributed by atoms with Crippen molar-refractivity contribution in [1.82, 2.24) is 0 Å². The molecule has 124 valence electrons. The predicted octanol–water partition coefficient (Wildman–Crippen LogP) is -2.29. The second kappa shape index (κ2) is 14.2. The Balaban J connectivity index is -0.000000252. The first-order valence-electron chi connectivity index (χ1n) is 5.56. The van der Waals surface area contributed by atoms with E-state index in [1.165, 1.54) is 6.92 Å². The molecule has 21 heavy (non-hydrogen) atoms. The van der Waals surface area contributed by atoms with E-state index in [1.807, 2.05) is 0 Å². The Bertz CT molecular complexity index is 345. The minimum Gasteiger partial charge on any atom is -0.481 e. The fraction of sp³-hybridized carbons (Fsp3) is 0.600. The molecule has 0 aromatic heterocycles. The first-order valence-corrected chi connectivity index (χ1v) is 5.56. The van der Waals surface area contributed by atoms with Gasteiger partial charge in [-0.25, -0.2) is 0 Å². The van der Waals surface area contributed by atoms with Gasteiger partial charge in [-0.15, -0.1) is 0 Å². The smallest absolute Gasteiger partial charge is 0.320 e. The van der Waals surface area contributed by atoms with Crippen LogP contribution < -0.4 is 17.2 Å². The molecule has 0 unspecified atom stereocenters. The number of rotatable bonds is 6. The van der Waals surface area contributed by atoms with Crippen molar-refractivity contribution in [2.45, 2.75) is 31.8 Å². The largest absolute Gasteiger partial charge is 0.481 e. The molecular weight excluding hydrogens is 290 g/mol. The van der Waals surface area contributed by atoms with Crippen LogP contribution in [0.3, 0.4) is 0 Å². The summed E-state index contributed by atoms with van der Waals surface area (Å²) >= 11 is 0. The van der Waals surface area contributed by atoms with Crippen LogP contribution in [0, 0.1) is 0 Å². The van der Waals surface area contributed by atoms with Crippen molar-refractivity contribution in [3.63, 3.8) is 0 Å². The molecule has 0 aliphatic heterocycles. The van der Waals surface area contributed by atoms with Gasteiger partial charge < -0.3 is 37.6 Å². The zero-order valence-electron chi connectivity index (χ0n) is 11.4. The third kappa shape index (κ3) is 27.1. The highest BCUT2D eigenvalue weighted by Crippen LogP contribution is 1.93. The Morgan fingerprint density at radius 1 is 0.905 bits per heavy atom. The molecule has 0 heterocycles. The topological polar surface area (TPSA) is 227 Å². The van der Waals surface area contributed by atoms with Crippen molar-refractivity contribution in [2.75, 3.05) is 6.54 Å². The standard InChI is InChI=1S/C5H9NO4.C3H7NO2.C2H5NO2/c6-3(5(9)10)1-2-4(7)8;1-2(4)3(5)6;3-1-2(4)5/h3H,1-2,6H2,(H,7,8)(H,9,10);2H,4H2,1H3,(H,5,6);1,3H2,(H,4,5)/t3-;2-;/m11./s1. The molecule has 0 fully saturated rings. The fourth-order valence-electron chi connectivity index (χ4n) is 0.402. The third-order valence-corrected chi connectivity index (χ3v) is 1.55. The molecule has 0 aromatic rings. The Kier molecular flexibility index (Phi) is 16.1. The van der Waals surface area contributed by atoms with Crippen LogP contribution >= 0.6 is 0 Å². The molecule has 0 spiro atoms. The second-order valence-corrected chi connectivity index (χ2v) is 3.60. The zero-order chi connectivity index (χ0) is 17.6. The minimum atomic E-state index is -1.17. The monoisotopic (exact) mass is 311 g/mol. The van der Waals surface area contributed by atoms with Gasteiger partial charge in [-0.05, 0) is 13.3 Å². The highest BCUT2D eigenvalue weighted by molar-refractivity contribution is 5.74. The molecule has 2 atom stereocenters. The highest BCUT2D eigenvalue weighted by atomic mass is 16.4. The molecule has 0 saturated heterocycles. The highest BCUT2D eigenvalue weighted by Gasteiger charge is 2.12. The lowest BCUT2D eigenvalue weighted by atomic mass is 10.2. The number of aliphatic carboxylic acids is 4. The van der Waals surface area contributed by atoms with E-state index in [0.717, 1.165) is 0 Å². The molecule has 0 aliphatic carbocycles. The van der Waals surface area contributed by atoms with Crippen molar-refractivity contribution >= 4 is 23.9 Å². The van der Waals surface area contributed by atoms with Crippen LogP contribution in [-0.4, -0.2) is 62.9 Å². The average Bonchev–Trinajstić information content (AvgIpc) is 2.36. The molecule has 0 amide bonds. The molecule has 0 saturated carbocycles. The van der Waals surface area contributed by atoms with Crippen LogP contribution in [0.25, 0.3) is 0 Å². The Hall–Kier alpha value is -2.24. The number of carboxylic acid groups (broad SMARTS) is 4. The Morgan fingerprint density at radius 3 is 1.38 bits per heavy atom. The molecule has 0 bridgehead atoms. The summed E-state index contributed by atoms with van der Waals surface area (Å²) < 4.78 is 0. The summed E-state index contributed by atoms with van der Waals surface area (Å²) in [6, 6.07) is -1.79. The molecule has 0 rings (SSSR count). The summed E-state index contributed by atoms with van der Waals surface area (Å²) in [6.07, 6.45) is -0.224. The summed E-state index contributed by atoms with van der Waals surface area (Å²) in [7, 11) is 0. The lowest BCUT2D eigenvalue weighted by Gasteiger charge is -2.01. The molecule has 11 nitrogen and oxygen atoms in total. The van der Waals surface area contributed by atoms with Crippen molar-refractivity contribution < 1.29 is 39.6 Å². The fourth-order valence-corrected chi connectivity index (χ4v) is 0.402.